The number of aryl methyl sites for hydroxylation is 1. The molecule has 2 N–H and O–H groups in total. The summed E-state index contributed by atoms with van der Waals surface area (Å²) in [5.41, 5.74) is 8.70. The summed E-state index contributed by atoms with van der Waals surface area (Å²) in [5.74, 6) is -0.492. The van der Waals surface area contributed by atoms with Crippen molar-refractivity contribution in [2.45, 2.75) is 19.5 Å². The lowest BCUT2D eigenvalue weighted by Gasteiger charge is -2.12. The number of methoxy groups -OCH3 is 1. The number of ether oxygens (including phenoxy) is 1. The van der Waals surface area contributed by atoms with Crippen molar-refractivity contribution in [3.8, 4) is 11.3 Å². The number of carbonyl (C=O) groups is 1. The molecular formula is C26H24N4O3. The zero-order valence-corrected chi connectivity index (χ0v) is 18.3. The quantitative estimate of drug-likeness (QED) is 0.321. The third-order valence-electron chi connectivity index (χ3n) is 5.98. The average Bonchev–Trinajstić information content (AvgIpc) is 3.21. The van der Waals surface area contributed by atoms with E-state index >= 15 is 0 Å². The molecular weight excluding hydrogens is 416 g/mol. The number of nitrogens with two attached hydrogens (primary N) is 1. The smallest absolute Gasteiger partial charge is 0.325 e. The fourth-order valence-corrected chi connectivity index (χ4v) is 4.34. The Morgan fingerprint density at radius 1 is 1.03 bits per heavy atom. The first-order valence-corrected chi connectivity index (χ1v) is 10.9. The second kappa shape index (κ2) is 8.52. The molecule has 33 heavy (non-hydrogen) atoms. The van der Waals surface area contributed by atoms with Crippen LogP contribution in [-0.2, 0) is 22.6 Å². The molecule has 0 aliphatic rings. The van der Waals surface area contributed by atoms with Crippen LogP contribution in [0.3, 0.4) is 0 Å². The molecule has 0 saturated heterocycles. The molecule has 0 aliphatic heterocycles. The zero-order chi connectivity index (χ0) is 22.9. The maximum atomic E-state index is 13.7. The fraction of sp³-hybridized carbons (Fsp3) is 0.192. The van der Waals surface area contributed by atoms with E-state index < -0.39 is 5.97 Å². The van der Waals surface area contributed by atoms with Crippen LogP contribution >= 0.6 is 0 Å². The van der Waals surface area contributed by atoms with Crippen LogP contribution in [0.2, 0.25) is 0 Å². The van der Waals surface area contributed by atoms with Crippen molar-refractivity contribution in [3.63, 3.8) is 0 Å². The number of nitrogens with zero attached hydrogens (tertiary/aromatic N) is 3. The maximum Gasteiger partial charge on any atom is 0.325 e. The summed E-state index contributed by atoms with van der Waals surface area (Å²) in [7, 11) is 1.32. The zero-order valence-electron chi connectivity index (χ0n) is 18.3. The molecule has 0 radical (unpaired) electrons. The van der Waals surface area contributed by atoms with Crippen LogP contribution in [0.25, 0.3) is 44.0 Å². The van der Waals surface area contributed by atoms with E-state index in [1.165, 1.54) is 11.7 Å². The van der Waals surface area contributed by atoms with Crippen LogP contribution in [0.4, 0.5) is 0 Å². The van der Waals surface area contributed by atoms with Crippen LogP contribution < -0.4 is 11.3 Å². The van der Waals surface area contributed by atoms with Gasteiger partial charge in [-0.3, -0.25) is 14.2 Å². The molecule has 0 aliphatic carbocycles. The Kier molecular flexibility index (Phi) is 5.40. The van der Waals surface area contributed by atoms with E-state index in [9.17, 15) is 9.59 Å². The number of hydrogen-bond acceptors (Lipinski definition) is 5. The highest BCUT2D eigenvalue weighted by molar-refractivity contribution is 5.98. The highest BCUT2D eigenvalue weighted by Gasteiger charge is 2.19. The topological polar surface area (TPSA) is 92.1 Å². The summed E-state index contributed by atoms with van der Waals surface area (Å²) in [4.78, 5) is 30.7. The molecule has 0 unspecified atom stereocenters. The van der Waals surface area contributed by atoms with Gasteiger partial charge in [0.2, 0.25) is 0 Å². The molecule has 0 amide bonds. The number of carbonyl (C=O) groups excluding carboxylic acids is 1. The average molecular weight is 441 g/mol. The molecule has 3 aromatic carbocycles. The summed E-state index contributed by atoms with van der Waals surface area (Å²) in [6, 6.07) is 19.7. The van der Waals surface area contributed by atoms with Crippen LogP contribution in [0.5, 0.6) is 0 Å². The van der Waals surface area contributed by atoms with Crippen LogP contribution in [0.1, 0.15) is 6.42 Å². The Hall–Kier alpha value is -3.97. The largest absolute Gasteiger partial charge is 0.468 e. The predicted octanol–water partition coefficient (Wildman–Crippen LogP) is 3.69. The minimum absolute atomic E-state index is 0.189. The predicted molar refractivity (Wildman–Crippen MR) is 130 cm³/mol. The van der Waals surface area contributed by atoms with Gasteiger partial charge in [0, 0.05) is 29.2 Å². The Balaban J connectivity index is 1.82. The van der Waals surface area contributed by atoms with Crippen molar-refractivity contribution in [2.75, 3.05) is 13.7 Å². The number of fused-ring (bicyclic) bond motifs is 3. The first-order valence-electron chi connectivity index (χ1n) is 10.9. The number of esters is 1. The number of aromatic nitrogens is 3. The molecule has 5 aromatic rings. The Labute approximate surface area is 190 Å². The van der Waals surface area contributed by atoms with E-state index in [2.05, 4.69) is 4.57 Å². The van der Waals surface area contributed by atoms with Gasteiger partial charge in [0.25, 0.3) is 5.56 Å². The second-order valence-corrected chi connectivity index (χ2v) is 8.01. The van der Waals surface area contributed by atoms with Crippen molar-refractivity contribution >= 4 is 38.7 Å². The van der Waals surface area contributed by atoms with Gasteiger partial charge in [0.1, 0.15) is 12.2 Å². The number of rotatable bonds is 6. The third-order valence-corrected chi connectivity index (χ3v) is 5.98. The van der Waals surface area contributed by atoms with Gasteiger partial charge >= 0.3 is 5.97 Å². The summed E-state index contributed by atoms with van der Waals surface area (Å²) in [5, 5.41) is 2.91. The van der Waals surface area contributed by atoms with Crippen LogP contribution in [0, 0.1) is 0 Å². The maximum absolute atomic E-state index is 13.7. The summed E-state index contributed by atoms with van der Waals surface area (Å²) >= 11 is 0. The Morgan fingerprint density at radius 3 is 2.52 bits per heavy atom. The SMILES string of the molecule is COC(=O)Cn1c(=O)c(-c2cn(CCCN)c3ccccc23)nc2cc3ccccc3cc21. The lowest BCUT2D eigenvalue weighted by atomic mass is 10.1. The van der Waals surface area contributed by atoms with Gasteiger partial charge < -0.3 is 15.0 Å². The van der Waals surface area contributed by atoms with Gasteiger partial charge in [-0.05, 0) is 41.9 Å². The normalized spacial score (nSPS) is 11.5. The minimum atomic E-state index is -0.492. The van der Waals surface area contributed by atoms with Gasteiger partial charge in [-0.1, -0.05) is 42.5 Å². The number of para-hydroxylation sites is 1. The molecule has 0 fully saturated rings. The molecule has 5 rings (SSSR count). The van der Waals surface area contributed by atoms with Crippen molar-refractivity contribution in [1.82, 2.24) is 14.1 Å². The molecule has 0 atom stereocenters. The van der Waals surface area contributed by atoms with Gasteiger partial charge in [-0.15, -0.1) is 0 Å². The molecule has 0 bridgehead atoms. The molecule has 0 spiro atoms. The third kappa shape index (κ3) is 3.66. The van der Waals surface area contributed by atoms with Gasteiger partial charge in [-0.25, -0.2) is 4.98 Å². The van der Waals surface area contributed by atoms with Crippen molar-refractivity contribution in [2.24, 2.45) is 5.73 Å². The molecule has 0 saturated carbocycles. The van der Waals surface area contributed by atoms with Crippen molar-refractivity contribution in [1.29, 1.82) is 0 Å². The molecule has 2 heterocycles. The van der Waals surface area contributed by atoms with Crippen LogP contribution in [0.15, 0.2) is 71.7 Å². The molecule has 166 valence electrons. The highest BCUT2D eigenvalue weighted by Crippen LogP contribution is 2.30. The first kappa shape index (κ1) is 20.9. The minimum Gasteiger partial charge on any atom is -0.468 e. The Morgan fingerprint density at radius 2 is 1.76 bits per heavy atom. The monoisotopic (exact) mass is 440 g/mol. The van der Waals surface area contributed by atoms with Crippen LogP contribution in [-0.4, -0.2) is 33.7 Å². The number of benzene rings is 3. The lowest BCUT2D eigenvalue weighted by molar-refractivity contribution is -0.141. The van der Waals surface area contributed by atoms with E-state index in [0.717, 1.165) is 40.2 Å². The highest BCUT2D eigenvalue weighted by atomic mass is 16.5. The summed E-state index contributed by atoms with van der Waals surface area (Å²) < 4.78 is 8.44. The number of hydrogen-bond donors (Lipinski definition) is 1. The van der Waals surface area contributed by atoms with E-state index in [0.29, 0.717) is 23.3 Å². The van der Waals surface area contributed by atoms with Gasteiger partial charge in [0.05, 0.1) is 18.1 Å². The van der Waals surface area contributed by atoms with Crippen molar-refractivity contribution in [3.05, 3.63) is 77.2 Å². The molecule has 7 nitrogen and oxygen atoms in total. The van der Waals surface area contributed by atoms with Crippen molar-refractivity contribution < 1.29 is 9.53 Å². The summed E-state index contributed by atoms with van der Waals surface area (Å²) in [6.07, 6.45) is 2.78. The first-order chi connectivity index (χ1) is 16.1. The van der Waals surface area contributed by atoms with Gasteiger partial charge in [-0.2, -0.15) is 0 Å². The molecule has 7 heteroatoms. The van der Waals surface area contributed by atoms with E-state index in [4.69, 9.17) is 15.5 Å². The Bertz CT molecular complexity index is 1570. The van der Waals surface area contributed by atoms with E-state index in [1.807, 2.05) is 66.9 Å². The lowest BCUT2D eigenvalue weighted by Crippen LogP contribution is -2.27. The standard InChI is InChI=1S/C26H24N4O3/c1-33-24(31)16-30-23-14-18-8-3-2-7-17(18)13-21(23)28-25(26(30)32)20-15-29(12-6-11-27)22-10-5-4-9-19(20)22/h2-5,7-10,13-15H,6,11-12,16,27H2,1H3. The van der Waals surface area contributed by atoms with Gasteiger partial charge in [0.15, 0.2) is 0 Å². The summed E-state index contributed by atoms with van der Waals surface area (Å²) in [6.45, 7) is 1.13. The second-order valence-electron chi connectivity index (χ2n) is 8.01. The fourth-order valence-electron chi connectivity index (χ4n) is 4.34. The van der Waals surface area contributed by atoms with E-state index in [-0.39, 0.29) is 12.1 Å². The van der Waals surface area contributed by atoms with E-state index in [1.54, 1.807) is 0 Å². The molecule has 2 aromatic heterocycles.